The molecular weight excluding hydrogens is 350 g/mol. The van der Waals surface area contributed by atoms with Crippen molar-refractivity contribution in [3.8, 4) is 0 Å². The van der Waals surface area contributed by atoms with E-state index < -0.39 is 0 Å². The second-order valence-corrected chi connectivity index (χ2v) is 7.64. The molecule has 0 unspecified atom stereocenters. The minimum Gasteiger partial charge on any atom is -0.310 e. The molecule has 0 saturated heterocycles. The van der Waals surface area contributed by atoms with Crippen LogP contribution in [0.2, 0.25) is 0 Å². The van der Waals surface area contributed by atoms with Crippen LogP contribution in [0.25, 0.3) is 0 Å². The lowest BCUT2D eigenvalue weighted by Gasteiger charge is -2.20. The van der Waals surface area contributed by atoms with Crippen molar-refractivity contribution in [1.29, 1.82) is 0 Å². The number of tetrazole rings is 1. The van der Waals surface area contributed by atoms with Gasteiger partial charge in [0, 0.05) is 22.3 Å². The second-order valence-electron chi connectivity index (χ2n) is 5.78. The first-order valence-electron chi connectivity index (χ1n) is 6.82. The fraction of sp³-hybridized carbons (Fsp3) is 0.500. The van der Waals surface area contributed by atoms with Crippen LogP contribution < -0.4 is 5.32 Å². The van der Waals surface area contributed by atoms with Gasteiger partial charge in [-0.2, -0.15) is 0 Å². The van der Waals surface area contributed by atoms with Crippen LogP contribution in [0.3, 0.4) is 0 Å². The summed E-state index contributed by atoms with van der Waals surface area (Å²) < 4.78 is 2.94. The molecule has 1 aromatic carbocycles. The van der Waals surface area contributed by atoms with Crippen molar-refractivity contribution in [3.05, 3.63) is 34.3 Å². The molecule has 0 spiro atoms. The van der Waals surface area contributed by atoms with Gasteiger partial charge in [0.1, 0.15) is 0 Å². The summed E-state index contributed by atoms with van der Waals surface area (Å²) in [6.45, 7) is 8.06. The maximum Gasteiger partial charge on any atom is 0.209 e. The monoisotopic (exact) mass is 369 g/mol. The highest BCUT2D eigenvalue weighted by Gasteiger charge is 2.10. The predicted molar refractivity (Wildman–Crippen MR) is 89.3 cm³/mol. The Labute approximate surface area is 138 Å². The summed E-state index contributed by atoms with van der Waals surface area (Å²) in [5, 5.41) is 16.2. The number of rotatable bonds is 6. The van der Waals surface area contributed by atoms with E-state index in [1.165, 1.54) is 5.56 Å². The molecule has 5 nitrogen and oxygen atoms in total. The summed E-state index contributed by atoms with van der Waals surface area (Å²) in [6, 6.07) is 8.28. The van der Waals surface area contributed by atoms with E-state index in [0.717, 1.165) is 28.5 Å². The van der Waals surface area contributed by atoms with Crippen LogP contribution in [0.4, 0.5) is 0 Å². The van der Waals surface area contributed by atoms with Gasteiger partial charge in [-0.25, -0.2) is 4.68 Å². The van der Waals surface area contributed by atoms with E-state index in [1.54, 1.807) is 11.8 Å². The highest BCUT2D eigenvalue weighted by atomic mass is 79.9. The zero-order valence-electron chi connectivity index (χ0n) is 12.5. The standard InChI is InChI=1S/C14H20BrN5S/c1-14(2,3)16-7-8-20-13(17-18-19-20)21-10-11-5-4-6-12(15)9-11/h4-6,9,16H,7-8,10H2,1-3H3. The van der Waals surface area contributed by atoms with Crippen molar-refractivity contribution in [2.45, 2.75) is 43.8 Å². The highest BCUT2D eigenvalue weighted by molar-refractivity contribution is 9.10. The van der Waals surface area contributed by atoms with Crippen LogP contribution in [0.1, 0.15) is 26.3 Å². The van der Waals surface area contributed by atoms with Crippen LogP contribution >= 0.6 is 27.7 Å². The molecule has 2 aromatic rings. The fourth-order valence-electron chi connectivity index (χ4n) is 1.75. The quantitative estimate of drug-likeness (QED) is 0.792. The second kappa shape index (κ2) is 7.38. The lowest BCUT2D eigenvalue weighted by molar-refractivity contribution is 0.396. The third kappa shape index (κ3) is 5.76. The topological polar surface area (TPSA) is 55.6 Å². The Bertz CT molecular complexity index is 579. The van der Waals surface area contributed by atoms with Crippen molar-refractivity contribution < 1.29 is 0 Å². The number of hydrogen-bond acceptors (Lipinski definition) is 5. The number of thioether (sulfide) groups is 1. The Balaban J connectivity index is 1.88. The van der Waals surface area contributed by atoms with Crippen molar-refractivity contribution in [2.75, 3.05) is 6.54 Å². The lowest BCUT2D eigenvalue weighted by Crippen LogP contribution is -2.38. The third-order valence-corrected chi connectivity index (χ3v) is 4.26. The third-order valence-electron chi connectivity index (χ3n) is 2.73. The molecule has 0 bridgehead atoms. The minimum atomic E-state index is 0.109. The molecular formula is C14H20BrN5S. The number of nitrogens with one attached hydrogen (secondary N) is 1. The molecule has 0 radical (unpaired) electrons. The molecule has 2 rings (SSSR count). The van der Waals surface area contributed by atoms with Crippen molar-refractivity contribution in [1.82, 2.24) is 25.5 Å². The smallest absolute Gasteiger partial charge is 0.209 e. The first kappa shape index (κ1) is 16.5. The molecule has 0 aliphatic heterocycles. The molecule has 0 amide bonds. The fourth-order valence-corrected chi connectivity index (χ4v) is 3.04. The van der Waals surface area contributed by atoms with E-state index in [2.05, 4.69) is 69.7 Å². The molecule has 21 heavy (non-hydrogen) atoms. The molecule has 7 heteroatoms. The van der Waals surface area contributed by atoms with E-state index in [1.807, 2.05) is 16.8 Å². The van der Waals surface area contributed by atoms with Crippen molar-refractivity contribution in [2.24, 2.45) is 0 Å². The van der Waals surface area contributed by atoms with Gasteiger partial charge < -0.3 is 5.32 Å². The Morgan fingerprint density at radius 3 is 2.86 bits per heavy atom. The highest BCUT2D eigenvalue weighted by Crippen LogP contribution is 2.21. The van der Waals surface area contributed by atoms with Crippen LogP contribution in [0, 0.1) is 0 Å². The first-order chi connectivity index (χ1) is 9.94. The van der Waals surface area contributed by atoms with Gasteiger partial charge in [0.2, 0.25) is 5.16 Å². The van der Waals surface area contributed by atoms with Crippen LogP contribution in [-0.2, 0) is 12.3 Å². The van der Waals surface area contributed by atoms with E-state index in [0.29, 0.717) is 0 Å². The van der Waals surface area contributed by atoms with E-state index >= 15 is 0 Å². The van der Waals surface area contributed by atoms with E-state index in [9.17, 15) is 0 Å². The van der Waals surface area contributed by atoms with Crippen molar-refractivity contribution >= 4 is 27.7 Å². The molecule has 1 heterocycles. The summed E-state index contributed by atoms with van der Waals surface area (Å²) in [5.74, 6) is 0.854. The molecule has 0 aliphatic rings. The molecule has 0 aliphatic carbocycles. The van der Waals surface area contributed by atoms with Gasteiger partial charge in [0.05, 0.1) is 6.54 Å². The maximum atomic E-state index is 4.09. The molecule has 0 atom stereocenters. The zero-order valence-corrected chi connectivity index (χ0v) is 14.9. The van der Waals surface area contributed by atoms with Crippen LogP contribution in [0.15, 0.2) is 33.9 Å². The maximum absolute atomic E-state index is 4.09. The van der Waals surface area contributed by atoms with Gasteiger partial charge >= 0.3 is 0 Å². The lowest BCUT2D eigenvalue weighted by atomic mass is 10.1. The van der Waals surface area contributed by atoms with Gasteiger partial charge in [0.15, 0.2) is 0 Å². The van der Waals surface area contributed by atoms with Gasteiger partial charge in [0.25, 0.3) is 0 Å². The SMILES string of the molecule is CC(C)(C)NCCn1nnnc1SCc1cccc(Br)c1. The van der Waals surface area contributed by atoms with Gasteiger partial charge in [-0.3, -0.25) is 0 Å². The normalized spacial score (nSPS) is 11.8. The molecule has 114 valence electrons. The molecule has 0 saturated carbocycles. The number of halogens is 1. The zero-order chi connectivity index (χ0) is 15.3. The number of benzene rings is 1. The Morgan fingerprint density at radius 1 is 1.33 bits per heavy atom. The summed E-state index contributed by atoms with van der Waals surface area (Å²) >= 11 is 5.14. The minimum absolute atomic E-state index is 0.109. The molecule has 1 N–H and O–H groups in total. The molecule has 0 fully saturated rings. The Morgan fingerprint density at radius 2 is 2.14 bits per heavy atom. The van der Waals surface area contributed by atoms with Crippen molar-refractivity contribution in [3.63, 3.8) is 0 Å². The van der Waals surface area contributed by atoms with Gasteiger partial charge in [-0.1, -0.05) is 39.8 Å². The largest absolute Gasteiger partial charge is 0.310 e. The average Bonchev–Trinajstić information content (AvgIpc) is 2.82. The summed E-state index contributed by atoms with van der Waals surface area (Å²) in [6.07, 6.45) is 0. The van der Waals surface area contributed by atoms with Gasteiger partial charge in [-0.15, -0.1) is 5.10 Å². The average molecular weight is 370 g/mol. The first-order valence-corrected chi connectivity index (χ1v) is 8.60. The predicted octanol–water partition coefficient (Wildman–Crippen LogP) is 3.12. The van der Waals surface area contributed by atoms with E-state index in [4.69, 9.17) is 0 Å². The number of aromatic nitrogens is 4. The van der Waals surface area contributed by atoms with E-state index in [-0.39, 0.29) is 5.54 Å². The number of hydrogen-bond donors (Lipinski definition) is 1. The van der Waals surface area contributed by atoms with Crippen LogP contribution in [0.5, 0.6) is 0 Å². The number of nitrogens with zero attached hydrogens (tertiary/aromatic N) is 4. The summed E-state index contributed by atoms with van der Waals surface area (Å²) in [5.41, 5.74) is 1.36. The Hall–Kier alpha value is -0.920. The van der Waals surface area contributed by atoms with Gasteiger partial charge in [-0.05, 0) is 48.9 Å². The molecule has 1 aromatic heterocycles. The summed E-state index contributed by atoms with van der Waals surface area (Å²) in [7, 11) is 0. The van der Waals surface area contributed by atoms with Crippen LogP contribution in [-0.4, -0.2) is 32.3 Å². The summed E-state index contributed by atoms with van der Waals surface area (Å²) in [4.78, 5) is 0. The Kier molecular flexibility index (Phi) is 5.78.